The molecule has 0 bridgehead atoms. The molecule has 3 aliphatic rings. The molecule has 2 saturated heterocycles. The first kappa shape index (κ1) is 14.8. The number of hydrogen-bond acceptors (Lipinski definition) is 4. The fourth-order valence-corrected chi connectivity index (χ4v) is 4.45. The van der Waals surface area contributed by atoms with E-state index >= 15 is 0 Å². The van der Waals surface area contributed by atoms with Crippen molar-refractivity contribution < 1.29 is 9.47 Å². The molecule has 1 spiro atoms. The molecule has 4 nitrogen and oxygen atoms in total. The molecule has 0 aromatic carbocycles. The van der Waals surface area contributed by atoms with Crippen LogP contribution in [0.1, 0.15) is 57.8 Å². The zero-order chi connectivity index (χ0) is 13.8. The highest BCUT2D eigenvalue weighted by Crippen LogP contribution is 2.39. The van der Waals surface area contributed by atoms with Gasteiger partial charge in [-0.2, -0.15) is 0 Å². The molecule has 20 heavy (non-hydrogen) atoms. The highest BCUT2D eigenvalue weighted by atomic mass is 16.6. The summed E-state index contributed by atoms with van der Waals surface area (Å²) >= 11 is 0. The fourth-order valence-electron chi connectivity index (χ4n) is 4.45. The van der Waals surface area contributed by atoms with Crippen molar-refractivity contribution in [2.45, 2.75) is 69.4 Å². The molecule has 3 unspecified atom stereocenters. The van der Waals surface area contributed by atoms with E-state index in [1.807, 2.05) is 0 Å². The van der Waals surface area contributed by atoms with Crippen LogP contribution in [-0.2, 0) is 9.47 Å². The van der Waals surface area contributed by atoms with Crippen molar-refractivity contribution >= 4 is 0 Å². The highest BCUT2D eigenvalue weighted by Gasteiger charge is 2.43. The van der Waals surface area contributed by atoms with Gasteiger partial charge in [-0.3, -0.25) is 11.3 Å². The van der Waals surface area contributed by atoms with E-state index in [0.29, 0.717) is 12.0 Å². The number of nitrogens with two attached hydrogens (primary N) is 1. The first-order valence-electron chi connectivity index (χ1n) is 8.49. The molecule has 3 rings (SSSR count). The Balaban J connectivity index is 1.57. The van der Waals surface area contributed by atoms with Crippen molar-refractivity contribution in [1.29, 1.82) is 0 Å². The van der Waals surface area contributed by atoms with Crippen molar-refractivity contribution in [3.63, 3.8) is 0 Å². The highest BCUT2D eigenvalue weighted by molar-refractivity contribution is 4.94. The van der Waals surface area contributed by atoms with Gasteiger partial charge in [-0.15, -0.1) is 0 Å². The minimum atomic E-state index is 0.00455. The summed E-state index contributed by atoms with van der Waals surface area (Å²) in [5, 5.41) is 0. The smallest absolute Gasteiger partial charge is 0.0939 e. The molecule has 0 amide bonds. The van der Waals surface area contributed by atoms with E-state index in [0.717, 1.165) is 45.0 Å². The number of nitrogens with one attached hydrogen (secondary N) is 1. The monoisotopic (exact) mass is 282 g/mol. The zero-order valence-electron chi connectivity index (χ0n) is 12.6. The van der Waals surface area contributed by atoms with Crippen LogP contribution in [0.2, 0.25) is 0 Å². The van der Waals surface area contributed by atoms with Gasteiger partial charge in [0.2, 0.25) is 0 Å². The van der Waals surface area contributed by atoms with Gasteiger partial charge in [0.05, 0.1) is 12.2 Å². The molecule has 4 heteroatoms. The van der Waals surface area contributed by atoms with E-state index < -0.39 is 0 Å². The SMILES string of the molecule is NNC(CC1CCCCC1)C1CCOC2(CCOC2)C1. The van der Waals surface area contributed by atoms with E-state index in [9.17, 15) is 0 Å². The normalized spacial score (nSPS) is 37.4. The third kappa shape index (κ3) is 3.35. The van der Waals surface area contributed by atoms with Gasteiger partial charge in [-0.05, 0) is 31.1 Å². The Bertz CT molecular complexity index is 299. The first-order chi connectivity index (χ1) is 9.81. The Hall–Kier alpha value is -0.160. The van der Waals surface area contributed by atoms with Crippen LogP contribution in [0, 0.1) is 11.8 Å². The summed E-state index contributed by atoms with van der Waals surface area (Å²) in [6.07, 6.45) is 11.6. The molecule has 0 aromatic heterocycles. The zero-order valence-corrected chi connectivity index (χ0v) is 12.6. The number of hydrazine groups is 1. The summed E-state index contributed by atoms with van der Waals surface area (Å²) in [6.45, 7) is 2.51. The number of hydrogen-bond donors (Lipinski definition) is 2. The molecular weight excluding hydrogens is 252 g/mol. The van der Waals surface area contributed by atoms with Crippen LogP contribution in [0.25, 0.3) is 0 Å². The fraction of sp³-hybridized carbons (Fsp3) is 1.00. The van der Waals surface area contributed by atoms with E-state index in [-0.39, 0.29) is 5.60 Å². The predicted molar refractivity (Wildman–Crippen MR) is 79.1 cm³/mol. The van der Waals surface area contributed by atoms with Gasteiger partial charge in [0.1, 0.15) is 0 Å². The third-order valence-corrected chi connectivity index (χ3v) is 5.69. The predicted octanol–water partition coefficient (Wildman–Crippen LogP) is 2.37. The summed E-state index contributed by atoms with van der Waals surface area (Å²) in [5.74, 6) is 7.41. The summed E-state index contributed by atoms with van der Waals surface area (Å²) in [4.78, 5) is 0. The van der Waals surface area contributed by atoms with Gasteiger partial charge >= 0.3 is 0 Å². The van der Waals surface area contributed by atoms with Crippen molar-refractivity contribution in [2.75, 3.05) is 19.8 Å². The molecule has 2 aliphatic heterocycles. The second-order valence-corrected chi connectivity index (χ2v) is 7.10. The average molecular weight is 282 g/mol. The van der Waals surface area contributed by atoms with Crippen LogP contribution in [0.5, 0.6) is 0 Å². The summed E-state index contributed by atoms with van der Waals surface area (Å²) in [5.41, 5.74) is 3.13. The summed E-state index contributed by atoms with van der Waals surface area (Å²) in [7, 11) is 0. The van der Waals surface area contributed by atoms with Gasteiger partial charge in [-0.1, -0.05) is 32.1 Å². The maximum atomic E-state index is 6.05. The lowest BCUT2D eigenvalue weighted by Gasteiger charge is -2.41. The van der Waals surface area contributed by atoms with E-state index in [1.54, 1.807) is 0 Å². The van der Waals surface area contributed by atoms with Crippen molar-refractivity contribution in [3.8, 4) is 0 Å². The number of ether oxygens (including phenoxy) is 2. The second-order valence-electron chi connectivity index (χ2n) is 7.10. The molecular formula is C16H30N2O2. The minimum Gasteiger partial charge on any atom is -0.378 e. The average Bonchev–Trinajstić information content (AvgIpc) is 2.93. The molecule has 2 heterocycles. The van der Waals surface area contributed by atoms with Crippen LogP contribution in [0.3, 0.4) is 0 Å². The Kier molecular flexibility index (Phi) is 4.97. The maximum absolute atomic E-state index is 6.05. The lowest BCUT2D eigenvalue weighted by Crippen LogP contribution is -2.49. The van der Waals surface area contributed by atoms with Crippen molar-refractivity contribution in [2.24, 2.45) is 17.7 Å². The standard InChI is InChI=1S/C16H30N2O2/c17-18-15(10-13-4-2-1-3-5-13)14-6-8-20-16(11-14)7-9-19-12-16/h13-15,18H,1-12,17H2. The van der Waals surface area contributed by atoms with Crippen LogP contribution in [0.15, 0.2) is 0 Å². The molecule has 3 atom stereocenters. The summed E-state index contributed by atoms with van der Waals surface area (Å²) in [6, 6.07) is 0.458. The largest absolute Gasteiger partial charge is 0.378 e. The molecule has 0 aromatic rings. The van der Waals surface area contributed by atoms with E-state index in [1.165, 1.54) is 38.5 Å². The molecule has 0 radical (unpaired) electrons. The van der Waals surface area contributed by atoms with E-state index in [4.69, 9.17) is 15.3 Å². The molecule has 1 saturated carbocycles. The van der Waals surface area contributed by atoms with Crippen molar-refractivity contribution in [1.82, 2.24) is 5.43 Å². The quantitative estimate of drug-likeness (QED) is 0.614. The van der Waals surface area contributed by atoms with Crippen molar-refractivity contribution in [3.05, 3.63) is 0 Å². The summed E-state index contributed by atoms with van der Waals surface area (Å²) < 4.78 is 11.6. The van der Waals surface area contributed by atoms with Gasteiger partial charge in [0.25, 0.3) is 0 Å². The Morgan fingerprint density at radius 3 is 2.70 bits per heavy atom. The van der Waals surface area contributed by atoms with Crippen LogP contribution >= 0.6 is 0 Å². The lowest BCUT2D eigenvalue weighted by molar-refractivity contribution is -0.104. The van der Waals surface area contributed by atoms with Gasteiger partial charge in [0, 0.05) is 25.7 Å². The van der Waals surface area contributed by atoms with Gasteiger partial charge in [0.15, 0.2) is 0 Å². The molecule has 3 fully saturated rings. The Morgan fingerprint density at radius 1 is 1.15 bits per heavy atom. The second kappa shape index (κ2) is 6.73. The van der Waals surface area contributed by atoms with Crippen LogP contribution in [-0.4, -0.2) is 31.5 Å². The lowest BCUT2D eigenvalue weighted by atomic mass is 9.76. The minimum absolute atomic E-state index is 0.00455. The first-order valence-corrected chi connectivity index (χ1v) is 8.49. The van der Waals surface area contributed by atoms with Gasteiger partial charge < -0.3 is 9.47 Å². The number of rotatable bonds is 4. The molecule has 1 aliphatic carbocycles. The molecule has 3 N–H and O–H groups in total. The van der Waals surface area contributed by atoms with Crippen LogP contribution in [0.4, 0.5) is 0 Å². The third-order valence-electron chi connectivity index (χ3n) is 5.69. The Labute approximate surface area is 122 Å². The van der Waals surface area contributed by atoms with Gasteiger partial charge in [-0.25, -0.2) is 0 Å². The maximum Gasteiger partial charge on any atom is 0.0939 e. The van der Waals surface area contributed by atoms with E-state index in [2.05, 4.69) is 5.43 Å². The van der Waals surface area contributed by atoms with Crippen LogP contribution < -0.4 is 11.3 Å². The Morgan fingerprint density at radius 2 is 2.00 bits per heavy atom. The topological polar surface area (TPSA) is 56.5 Å². The molecule has 116 valence electrons.